The van der Waals surface area contributed by atoms with E-state index in [4.69, 9.17) is 9.47 Å². The summed E-state index contributed by atoms with van der Waals surface area (Å²) in [5, 5.41) is 0. The van der Waals surface area contributed by atoms with E-state index in [9.17, 15) is 0 Å². The zero-order chi connectivity index (χ0) is 42.7. The van der Waals surface area contributed by atoms with Gasteiger partial charge in [0.25, 0.3) is 0 Å². The van der Waals surface area contributed by atoms with Gasteiger partial charge in [-0.05, 0) is 105 Å². The molecule has 0 amide bonds. The Bertz CT molecular complexity index is 3480. The first-order chi connectivity index (χ1) is 32.2. The van der Waals surface area contributed by atoms with Gasteiger partial charge in [0.15, 0.2) is 0 Å². The zero-order valence-electron chi connectivity index (χ0n) is 35.3. The van der Waals surface area contributed by atoms with Crippen LogP contribution in [0.1, 0.15) is 44.5 Å². The number of fused-ring (bicyclic) bond motifs is 18. The van der Waals surface area contributed by atoms with Crippen LogP contribution in [-0.4, -0.2) is 0 Å². The summed E-state index contributed by atoms with van der Waals surface area (Å²) in [5.74, 6) is 3.50. The average Bonchev–Trinajstić information content (AvgIpc) is 3.83. The first-order valence-electron chi connectivity index (χ1n) is 22.4. The summed E-state index contributed by atoms with van der Waals surface area (Å²) in [6.45, 7) is 0. The molecule has 0 unspecified atom stereocenters. The molecule has 0 bridgehead atoms. The molecular weight excluding hydrogens is 791 g/mol. The van der Waals surface area contributed by atoms with Crippen LogP contribution in [-0.2, 0) is 10.8 Å². The highest BCUT2D eigenvalue weighted by atomic mass is 16.5. The third kappa shape index (κ3) is 4.79. The number of anilines is 3. The first kappa shape index (κ1) is 36.1. The van der Waals surface area contributed by atoms with Gasteiger partial charge in [0.1, 0.15) is 23.0 Å². The lowest BCUT2D eigenvalue weighted by atomic mass is 9.65. The van der Waals surface area contributed by atoms with Crippen molar-refractivity contribution in [1.29, 1.82) is 0 Å². The molecule has 0 saturated heterocycles. The minimum Gasteiger partial charge on any atom is -0.457 e. The van der Waals surface area contributed by atoms with Crippen molar-refractivity contribution in [2.75, 3.05) is 4.90 Å². The predicted octanol–water partition coefficient (Wildman–Crippen LogP) is 15.8. The summed E-state index contributed by atoms with van der Waals surface area (Å²) in [6.07, 6.45) is 0. The molecule has 3 nitrogen and oxygen atoms in total. The van der Waals surface area contributed by atoms with E-state index in [1.165, 1.54) is 55.6 Å². The van der Waals surface area contributed by atoms with E-state index in [0.717, 1.165) is 62.3 Å². The Balaban J connectivity index is 1.09. The molecule has 3 heteroatoms. The summed E-state index contributed by atoms with van der Waals surface area (Å²) >= 11 is 0. The lowest BCUT2D eigenvalue weighted by Crippen LogP contribution is -2.33. The van der Waals surface area contributed by atoms with Gasteiger partial charge in [-0.15, -0.1) is 0 Å². The van der Waals surface area contributed by atoms with Crippen molar-refractivity contribution in [3.05, 3.63) is 281 Å². The van der Waals surface area contributed by atoms with Gasteiger partial charge >= 0.3 is 0 Å². The summed E-state index contributed by atoms with van der Waals surface area (Å²) < 4.78 is 13.5. The van der Waals surface area contributed by atoms with Crippen LogP contribution in [0.25, 0.3) is 33.4 Å². The Hall–Kier alpha value is -8.40. The predicted molar refractivity (Wildman–Crippen MR) is 261 cm³/mol. The molecule has 65 heavy (non-hydrogen) atoms. The molecule has 0 radical (unpaired) electrons. The molecule has 304 valence electrons. The fourth-order valence-electron chi connectivity index (χ4n) is 11.9. The largest absolute Gasteiger partial charge is 0.457 e. The van der Waals surface area contributed by atoms with E-state index >= 15 is 0 Å². The summed E-state index contributed by atoms with van der Waals surface area (Å²) in [7, 11) is 0. The topological polar surface area (TPSA) is 21.7 Å². The third-order valence-electron chi connectivity index (χ3n) is 14.4. The number of ether oxygens (including phenoxy) is 2. The Morgan fingerprint density at radius 3 is 1.28 bits per heavy atom. The van der Waals surface area contributed by atoms with Crippen molar-refractivity contribution in [2.24, 2.45) is 0 Å². The lowest BCUT2D eigenvalue weighted by Gasteiger charge is -2.42. The summed E-state index contributed by atoms with van der Waals surface area (Å²) in [4.78, 5) is 2.51. The van der Waals surface area contributed by atoms with Gasteiger partial charge in [0.2, 0.25) is 0 Å². The van der Waals surface area contributed by atoms with Crippen molar-refractivity contribution in [1.82, 2.24) is 0 Å². The standard InChI is InChI=1S/C62H39NO2/c1-2-17-40(18-3-1)41-33-35-42(36-34-41)63(43-37-38-46-44-19-4-6-22-48(44)61(54(46)39-43)50-24-8-12-29-56(50)64-57-30-13-9-25-51(57)61)55-28-16-21-47-45-20-5-7-23-49(45)62(60(47)55)52-26-10-14-31-58(52)65-59-32-15-11-27-53(59)62/h1-39H. The van der Waals surface area contributed by atoms with Crippen molar-refractivity contribution in [2.45, 2.75) is 10.8 Å². The van der Waals surface area contributed by atoms with E-state index in [-0.39, 0.29) is 0 Å². The minimum atomic E-state index is -0.678. The maximum absolute atomic E-state index is 6.80. The van der Waals surface area contributed by atoms with E-state index in [1.54, 1.807) is 0 Å². The molecule has 2 aliphatic carbocycles. The Kier molecular flexibility index (Phi) is 7.53. The molecule has 0 atom stereocenters. The van der Waals surface area contributed by atoms with Crippen molar-refractivity contribution in [3.63, 3.8) is 0 Å². The smallest absolute Gasteiger partial charge is 0.132 e. The van der Waals surface area contributed by atoms with Crippen LogP contribution in [0.15, 0.2) is 237 Å². The molecule has 0 aromatic heterocycles. The van der Waals surface area contributed by atoms with Gasteiger partial charge in [0.05, 0.1) is 16.5 Å². The van der Waals surface area contributed by atoms with Crippen LogP contribution >= 0.6 is 0 Å². The van der Waals surface area contributed by atoms with Crippen LogP contribution in [0, 0.1) is 0 Å². The number of para-hydroxylation sites is 4. The zero-order valence-corrected chi connectivity index (χ0v) is 35.3. The van der Waals surface area contributed by atoms with Gasteiger partial charge in [-0.25, -0.2) is 0 Å². The number of hydrogen-bond acceptors (Lipinski definition) is 3. The summed E-state index contributed by atoms with van der Waals surface area (Å²) in [6, 6.07) is 86.2. The maximum atomic E-state index is 6.80. The van der Waals surface area contributed by atoms with Crippen LogP contribution in [0.4, 0.5) is 17.1 Å². The normalized spacial score (nSPS) is 14.3. The highest BCUT2D eigenvalue weighted by molar-refractivity contribution is 5.97. The van der Waals surface area contributed by atoms with Gasteiger partial charge in [0, 0.05) is 39.2 Å². The Morgan fingerprint density at radius 2 is 0.692 bits per heavy atom. The lowest BCUT2D eigenvalue weighted by molar-refractivity contribution is 0.436. The monoisotopic (exact) mass is 829 g/mol. The van der Waals surface area contributed by atoms with E-state index in [0.29, 0.717) is 0 Å². The molecule has 2 aliphatic heterocycles. The fraction of sp³-hybridized carbons (Fsp3) is 0.0323. The molecule has 10 aromatic carbocycles. The second kappa shape index (κ2) is 13.6. The van der Waals surface area contributed by atoms with E-state index in [1.807, 2.05) is 0 Å². The number of nitrogens with zero attached hydrogens (tertiary/aromatic N) is 1. The molecule has 14 rings (SSSR count). The third-order valence-corrected chi connectivity index (χ3v) is 14.4. The quantitative estimate of drug-likeness (QED) is 0.176. The minimum absolute atomic E-state index is 0.620. The van der Waals surface area contributed by atoms with Gasteiger partial charge in [-0.1, -0.05) is 182 Å². The van der Waals surface area contributed by atoms with E-state index < -0.39 is 10.8 Å². The highest BCUT2D eigenvalue weighted by Gasteiger charge is 2.54. The first-order valence-corrected chi connectivity index (χ1v) is 22.4. The van der Waals surface area contributed by atoms with Crippen LogP contribution in [0.2, 0.25) is 0 Å². The maximum Gasteiger partial charge on any atom is 0.132 e. The van der Waals surface area contributed by atoms with Crippen molar-refractivity contribution >= 4 is 17.1 Å². The highest BCUT2D eigenvalue weighted by Crippen LogP contribution is 2.66. The SMILES string of the molecule is c1ccc(-c2ccc(N(c3ccc4c(c3)C3(c5ccccc5Oc5ccccc53)c3ccccc3-4)c3cccc4c3C3(c5ccccc5Oc5ccccc53)c3ccccc3-4)cc2)cc1. The molecule has 0 saturated carbocycles. The van der Waals surface area contributed by atoms with E-state index in [2.05, 4.69) is 241 Å². The van der Waals surface area contributed by atoms with Crippen molar-refractivity contribution in [3.8, 4) is 56.4 Å². The number of benzene rings is 10. The van der Waals surface area contributed by atoms with Crippen molar-refractivity contribution < 1.29 is 9.47 Å². The van der Waals surface area contributed by atoms with Crippen LogP contribution in [0.5, 0.6) is 23.0 Å². The van der Waals surface area contributed by atoms with Crippen LogP contribution in [0.3, 0.4) is 0 Å². The molecule has 0 fully saturated rings. The molecule has 2 spiro atoms. The van der Waals surface area contributed by atoms with Gasteiger partial charge in [-0.3, -0.25) is 0 Å². The molecule has 10 aromatic rings. The summed E-state index contributed by atoms with van der Waals surface area (Å²) in [5.41, 5.74) is 18.8. The molecule has 4 aliphatic rings. The van der Waals surface area contributed by atoms with Gasteiger partial charge < -0.3 is 14.4 Å². The second-order valence-electron chi connectivity index (χ2n) is 17.5. The second-order valence-corrected chi connectivity index (χ2v) is 17.5. The molecule has 2 heterocycles. The average molecular weight is 830 g/mol. The number of rotatable bonds is 4. The van der Waals surface area contributed by atoms with Crippen LogP contribution < -0.4 is 14.4 Å². The van der Waals surface area contributed by atoms with Gasteiger partial charge in [-0.2, -0.15) is 0 Å². The number of hydrogen-bond donors (Lipinski definition) is 0. The Morgan fingerprint density at radius 1 is 0.277 bits per heavy atom. The molecular formula is C62H39NO2. The fourth-order valence-corrected chi connectivity index (χ4v) is 11.9. The molecule has 0 N–H and O–H groups in total. The Labute approximate surface area is 378 Å².